The van der Waals surface area contributed by atoms with Gasteiger partial charge >= 0.3 is 5.97 Å². The fraction of sp³-hybridized carbons (Fsp3) is 0.526. The SMILES string of the molecule is COc1ccccc1CC(=O)N1CCCC(N(CC(=O)O)C(C)=O)CC1. The average molecular weight is 362 g/mol. The van der Waals surface area contributed by atoms with Gasteiger partial charge in [-0.15, -0.1) is 0 Å². The molecule has 142 valence electrons. The third-order valence-corrected chi connectivity index (χ3v) is 4.74. The van der Waals surface area contributed by atoms with Gasteiger partial charge in [0.15, 0.2) is 0 Å². The number of aliphatic carboxylic acids is 1. The largest absolute Gasteiger partial charge is 0.496 e. The molecule has 1 saturated heterocycles. The van der Waals surface area contributed by atoms with Crippen LogP contribution in [0.15, 0.2) is 24.3 Å². The molecule has 1 aromatic rings. The van der Waals surface area contributed by atoms with Crippen LogP contribution in [0.4, 0.5) is 0 Å². The maximum absolute atomic E-state index is 12.7. The summed E-state index contributed by atoms with van der Waals surface area (Å²) in [5.41, 5.74) is 0.844. The molecule has 1 unspecified atom stereocenters. The number of methoxy groups -OCH3 is 1. The normalized spacial score (nSPS) is 17.3. The maximum atomic E-state index is 12.7. The Morgan fingerprint density at radius 1 is 1.23 bits per heavy atom. The molecule has 1 fully saturated rings. The summed E-state index contributed by atoms with van der Waals surface area (Å²) in [5, 5.41) is 9.02. The summed E-state index contributed by atoms with van der Waals surface area (Å²) in [5.74, 6) is -0.555. The lowest BCUT2D eigenvalue weighted by atomic mass is 10.1. The summed E-state index contributed by atoms with van der Waals surface area (Å²) in [4.78, 5) is 38.7. The van der Waals surface area contributed by atoms with E-state index < -0.39 is 5.97 Å². The van der Waals surface area contributed by atoms with E-state index in [1.165, 1.54) is 11.8 Å². The van der Waals surface area contributed by atoms with Gasteiger partial charge in [-0.05, 0) is 25.3 Å². The molecule has 1 aliphatic rings. The second kappa shape index (κ2) is 9.22. The lowest BCUT2D eigenvalue weighted by molar-refractivity contribution is -0.145. The number of carbonyl (C=O) groups excluding carboxylic acids is 2. The number of hydrogen-bond acceptors (Lipinski definition) is 4. The maximum Gasteiger partial charge on any atom is 0.323 e. The molecule has 0 radical (unpaired) electrons. The molecule has 1 heterocycles. The fourth-order valence-corrected chi connectivity index (χ4v) is 3.41. The highest BCUT2D eigenvalue weighted by molar-refractivity contribution is 5.80. The van der Waals surface area contributed by atoms with Gasteiger partial charge in [0.1, 0.15) is 12.3 Å². The van der Waals surface area contributed by atoms with Gasteiger partial charge in [0, 0.05) is 31.6 Å². The molecule has 26 heavy (non-hydrogen) atoms. The second-order valence-electron chi connectivity index (χ2n) is 6.49. The molecule has 1 atom stereocenters. The molecule has 1 aliphatic heterocycles. The Balaban J connectivity index is 1.99. The van der Waals surface area contributed by atoms with Crippen molar-refractivity contribution in [2.45, 2.75) is 38.6 Å². The molecular weight excluding hydrogens is 336 g/mol. The Hall–Kier alpha value is -2.57. The van der Waals surface area contributed by atoms with Crippen molar-refractivity contribution in [3.63, 3.8) is 0 Å². The van der Waals surface area contributed by atoms with E-state index in [9.17, 15) is 14.4 Å². The highest BCUT2D eigenvalue weighted by Crippen LogP contribution is 2.21. The van der Waals surface area contributed by atoms with Gasteiger partial charge in [0.2, 0.25) is 11.8 Å². The summed E-state index contributed by atoms with van der Waals surface area (Å²) in [7, 11) is 1.58. The molecule has 0 aliphatic carbocycles. The minimum Gasteiger partial charge on any atom is -0.496 e. The standard InChI is InChI=1S/C19H26N2O5/c1-14(22)21(13-19(24)25)16-7-5-10-20(11-9-16)18(23)12-15-6-3-4-8-17(15)26-2/h3-4,6,8,16H,5,7,9-13H2,1-2H3,(H,24,25). The van der Waals surface area contributed by atoms with Gasteiger partial charge in [-0.3, -0.25) is 14.4 Å². The molecule has 0 aromatic heterocycles. The van der Waals surface area contributed by atoms with Gasteiger partial charge in [-0.1, -0.05) is 18.2 Å². The summed E-state index contributed by atoms with van der Waals surface area (Å²) in [6.45, 7) is 2.22. The molecule has 0 bridgehead atoms. The van der Waals surface area contributed by atoms with Gasteiger partial charge in [0.05, 0.1) is 13.5 Å². The Bertz CT molecular complexity index is 661. The van der Waals surface area contributed by atoms with E-state index in [1.807, 2.05) is 24.3 Å². The van der Waals surface area contributed by atoms with E-state index in [0.29, 0.717) is 31.7 Å². The lowest BCUT2D eigenvalue weighted by Crippen LogP contribution is -2.43. The number of benzene rings is 1. The van der Waals surface area contributed by atoms with Crippen LogP contribution < -0.4 is 4.74 Å². The number of carbonyl (C=O) groups is 3. The van der Waals surface area contributed by atoms with Crippen molar-refractivity contribution in [1.82, 2.24) is 9.80 Å². The first kappa shape index (κ1) is 19.8. The molecular formula is C19H26N2O5. The van der Waals surface area contributed by atoms with Crippen molar-refractivity contribution in [1.29, 1.82) is 0 Å². The molecule has 1 N–H and O–H groups in total. The van der Waals surface area contributed by atoms with Crippen LogP contribution in [-0.2, 0) is 20.8 Å². The average Bonchev–Trinajstić information content (AvgIpc) is 2.85. The van der Waals surface area contributed by atoms with E-state index in [1.54, 1.807) is 12.0 Å². The third kappa shape index (κ3) is 5.21. The fourth-order valence-electron chi connectivity index (χ4n) is 3.41. The second-order valence-corrected chi connectivity index (χ2v) is 6.49. The molecule has 2 rings (SSSR count). The summed E-state index contributed by atoms with van der Waals surface area (Å²) >= 11 is 0. The smallest absolute Gasteiger partial charge is 0.323 e. The van der Waals surface area contributed by atoms with E-state index in [0.717, 1.165) is 12.0 Å². The molecule has 2 amide bonds. The van der Waals surface area contributed by atoms with Crippen molar-refractivity contribution in [3.8, 4) is 5.75 Å². The number of amides is 2. The number of carboxylic acid groups (broad SMARTS) is 1. The number of ether oxygens (including phenoxy) is 1. The van der Waals surface area contributed by atoms with Crippen LogP contribution in [0.3, 0.4) is 0 Å². The van der Waals surface area contributed by atoms with Gasteiger partial charge < -0.3 is 19.6 Å². The van der Waals surface area contributed by atoms with Crippen LogP contribution in [0.25, 0.3) is 0 Å². The number of para-hydroxylation sites is 1. The van der Waals surface area contributed by atoms with E-state index in [2.05, 4.69) is 0 Å². The zero-order valence-corrected chi connectivity index (χ0v) is 15.3. The Labute approximate surface area is 153 Å². The van der Waals surface area contributed by atoms with Crippen molar-refractivity contribution in [2.75, 3.05) is 26.7 Å². The first-order chi connectivity index (χ1) is 12.4. The number of hydrogen-bond donors (Lipinski definition) is 1. The van der Waals surface area contributed by atoms with Gasteiger partial charge in [-0.2, -0.15) is 0 Å². The highest BCUT2D eigenvalue weighted by Gasteiger charge is 2.27. The Kier molecular flexibility index (Phi) is 7.00. The predicted molar refractivity (Wildman–Crippen MR) is 95.9 cm³/mol. The van der Waals surface area contributed by atoms with Crippen molar-refractivity contribution in [3.05, 3.63) is 29.8 Å². The van der Waals surface area contributed by atoms with E-state index >= 15 is 0 Å². The minimum atomic E-state index is -1.02. The number of rotatable bonds is 6. The molecule has 0 spiro atoms. The van der Waals surface area contributed by atoms with Crippen LogP contribution >= 0.6 is 0 Å². The number of likely N-dealkylation sites (tertiary alicyclic amines) is 1. The first-order valence-electron chi connectivity index (χ1n) is 8.81. The monoisotopic (exact) mass is 362 g/mol. The Morgan fingerprint density at radius 3 is 2.62 bits per heavy atom. The van der Waals surface area contributed by atoms with Gasteiger partial charge in [-0.25, -0.2) is 0 Å². The van der Waals surface area contributed by atoms with Gasteiger partial charge in [0.25, 0.3) is 0 Å². The highest BCUT2D eigenvalue weighted by atomic mass is 16.5. The lowest BCUT2D eigenvalue weighted by Gasteiger charge is -2.29. The quantitative estimate of drug-likeness (QED) is 0.830. The van der Waals surface area contributed by atoms with Crippen LogP contribution in [-0.4, -0.2) is 65.5 Å². The minimum absolute atomic E-state index is 0.0164. The molecule has 7 nitrogen and oxygen atoms in total. The van der Waals surface area contributed by atoms with Crippen molar-refractivity contribution >= 4 is 17.8 Å². The molecule has 1 aromatic carbocycles. The van der Waals surface area contributed by atoms with Crippen molar-refractivity contribution < 1.29 is 24.2 Å². The summed E-state index contributed by atoms with van der Waals surface area (Å²) in [6, 6.07) is 7.30. The van der Waals surface area contributed by atoms with Crippen LogP contribution in [0.1, 0.15) is 31.7 Å². The van der Waals surface area contributed by atoms with E-state index in [4.69, 9.17) is 9.84 Å². The Morgan fingerprint density at radius 2 is 1.96 bits per heavy atom. The zero-order chi connectivity index (χ0) is 19.1. The molecule has 0 saturated carbocycles. The number of nitrogens with zero attached hydrogens (tertiary/aromatic N) is 2. The van der Waals surface area contributed by atoms with Crippen LogP contribution in [0, 0.1) is 0 Å². The summed E-state index contributed by atoms with van der Waals surface area (Å²) < 4.78 is 5.30. The topological polar surface area (TPSA) is 87.2 Å². The molecule has 7 heteroatoms. The first-order valence-corrected chi connectivity index (χ1v) is 8.81. The van der Waals surface area contributed by atoms with E-state index in [-0.39, 0.29) is 30.8 Å². The zero-order valence-electron chi connectivity index (χ0n) is 15.3. The predicted octanol–water partition coefficient (Wildman–Crippen LogP) is 1.55. The van der Waals surface area contributed by atoms with Crippen LogP contribution in [0.2, 0.25) is 0 Å². The van der Waals surface area contributed by atoms with Crippen LogP contribution in [0.5, 0.6) is 5.75 Å². The summed E-state index contributed by atoms with van der Waals surface area (Å²) in [6.07, 6.45) is 2.29. The third-order valence-electron chi connectivity index (χ3n) is 4.74. The number of carboxylic acids is 1. The van der Waals surface area contributed by atoms with Crippen molar-refractivity contribution in [2.24, 2.45) is 0 Å².